The van der Waals surface area contributed by atoms with Crippen molar-refractivity contribution in [1.82, 2.24) is 30.3 Å². The van der Waals surface area contributed by atoms with Gasteiger partial charge in [-0.25, -0.2) is 4.99 Å². The lowest BCUT2D eigenvalue weighted by Crippen LogP contribution is -2.51. The van der Waals surface area contributed by atoms with Gasteiger partial charge in [0.2, 0.25) is 0 Å². The monoisotopic (exact) mass is 351 g/mol. The number of aromatic nitrogens is 3. The summed E-state index contributed by atoms with van der Waals surface area (Å²) in [4.78, 5) is 7.17. The summed E-state index contributed by atoms with van der Waals surface area (Å²) in [6.45, 7) is 12.5. The number of aryl methyl sites for hydroxylation is 1. The summed E-state index contributed by atoms with van der Waals surface area (Å²) < 4.78 is 7.39. The van der Waals surface area contributed by atoms with E-state index < -0.39 is 0 Å². The highest BCUT2D eigenvalue weighted by molar-refractivity contribution is 5.79. The fourth-order valence-corrected chi connectivity index (χ4v) is 3.00. The maximum atomic E-state index is 5.50. The van der Waals surface area contributed by atoms with E-state index in [1.54, 1.807) is 6.33 Å². The molecule has 1 aromatic rings. The molecule has 0 amide bonds. The number of rotatable bonds is 8. The van der Waals surface area contributed by atoms with Crippen molar-refractivity contribution in [3.63, 3.8) is 0 Å². The molecule has 0 bridgehead atoms. The fraction of sp³-hybridized carbons (Fsp3) is 0.824. The molecule has 1 atom stereocenters. The predicted molar refractivity (Wildman–Crippen MR) is 99.5 cm³/mol. The van der Waals surface area contributed by atoms with Gasteiger partial charge in [0, 0.05) is 39.3 Å². The number of nitrogens with one attached hydrogen (secondary N) is 2. The standard InChI is InChI=1S/C17H33N7O/c1-5-18-17(20-12-16-22-21-13-23(16)4)19-11-15(10-14(2)3)24-6-8-25-9-7-24/h13-15H,5-12H2,1-4H3,(H2,18,19,20). The third kappa shape index (κ3) is 6.62. The number of morpholine rings is 1. The van der Waals surface area contributed by atoms with E-state index in [9.17, 15) is 0 Å². The summed E-state index contributed by atoms with van der Waals surface area (Å²) in [6.07, 6.45) is 2.86. The third-order valence-corrected chi connectivity index (χ3v) is 4.34. The molecule has 1 fully saturated rings. The molecule has 142 valence electrons. The topological polar surface area (TPSA) is 79.6 Å². The van der Waals surface area contributed by atoms with Crippen LogP contribution >= 0.6 is 0 Å². The number of guanidine groups is 1. The maximum absolute atomic E-state index is 5.50. The normalized spacial score (nSPS) is 17.7. The van der Waals surface area contributed by atoms with Crippen molar-refractivity contribution in [3.8, 4) is 0 Å². The molecule has 1 aliphatic heterocycles. The zero-order valence-corrected chi connectivity index (χ0v) is 16.0. The van der Waals surface area contributed by atoms with Crippen LogP contribution in [0.1, 0.15) is 33.0 Å². The molecule has 8 nitrogen and oxygen atoms in total. The van der Waals surface area contributed by atoms with Crippen LogP contribution in [0.2, 0.25) is 0 Å². The van der Waals surface area contributed by atoms with E-state index in [1.165, 1.54) is 0 Å². The van der Waals surface area contributed by atoms with Crippen LogP contribution in [0.5, 0.6) is 0 Å². The van der Waals surface area contributed by atoms with Crippen molar-refractivity contribution in [3.05, 3.63) is 12.2 Å². The molecule has 0 saturated carbocycles. The van der Waals surface area contributed by atoms with Crippen LogP contribution in [0.15, 0.2) is 11.3 Å². The van der Waals surface area contributed by atoms with Gasteiger partial charge in [-0.05, 0) is 19.3 Å². The highest BCUT2D eigenvalue weighted by Crippen LogP contribution is 2.13. The first-order valence-electron chi connectivity index (χ1n) is 9.27. The Morgan fingerprint density at radius 1 is 1.32 bits per heavy atom. The molecule has 2 heterocycles. The largest absolute Gasteiger partial charge is 0.379 e. The second-order valence-electron chi connectivity index (χ2n) is 6.87. The van der Waals surface area contributed by atoms with Crippen molar-refractivity contribution >= 4 is 5.96 Å². The van der Waals surface area contributed by atoms with Crippen LogP contribution < -0.4 is 10.6 Å². The summed E-state index contributed by atoms with van der Waals surface area (Å²) in [5.74, 6) is 2.34. The molecule has 1 saturated heterocycles. The number of hydrogen-bond donors (Lipinski definition) is 2. The average Bonchev–Trinajstić information content (AvgIpc) is 3.01. The molecule has 1 aromatic heterocycles. The van der Waals surface area contributed by atoms with Crippen LogP contribution in [-0.4, -0.2) is 71.1 Å². The first-order chi connectivity index (χ1) is 12.1. The van der Waals surface area contributed by atoms with Gasteiger partial charge in [0.15, 0.2) is 11.8 Å². The van der Waals surface area contributed by atoms with Gasteiger partial charge in [-0.3, -0.25) is 4.90 Å². The molecule has 2 rings (SSSR count). The van der Waals surface area contributed by atoms with Gasteiger partial charge in [0.05, 0.1) is 13.2 Å². The number of nitrogens with zero attached hydrogens (tertiary/aromatic N) is 5. The molecular weight excluding hydrogens is 318 g/mol. The van der Waals surface area contributed by atoms with E-state index in [0.29, 0.717) is 18.5 Å². The lowest BCUT2D eigenvalue weighted by Gasteiger charge is -2.35. The summed E-state index contributed by atoms with van der Waals surface area (Å²) in [7, 11) is 1.93. The summed E-state index contributed by atoms with van der Waals surface area (Å²) in [5, 5.41) is 14.8. The summed E-state index contributed by atoms with van der Waals surface area (Å²) >= 11 is 0. The summed E-state index contributed by atoms with van der Waals surface area (Å²) in [5.41, 5.74) is 0. The first kappa shape index (κ1) is 19.7. The van der Waals surface area contributed by atoms with Gasteiger partial charge < -0.3 is 19.9 Å². The van der Waals surface area contributed by atoms with E-state index >= 15 is 0 Å². The van der Waals surface area contributed by atoms with E-state index in [0.717, 1.165) is 57.6 Å². The summed E-state index contributed by atoms with van der Waals surface area (Å²) in [6, 6.07) is 0.489. The van der Waals surface area contributed by atoms with Gasteiger partial charge in [-0.1, -0.05) is 13.8 Å². The molecule has 0 spiro atoms. The Bertz CT molecular complexity index is 523. The van der Waals surface area contributed by atoms with Crippen LogP contribution in [0.25, 0.3) is 0 Å². The smallest absolute Gasteiger partial charge is 0.191 e. The number of ether oxygens (including phenoxy) is 1. The number of aliphatic imine (C=N–C) groups is 1. The molecule has 8 heteroatoms. The molecule has 1 unspecified atom stereocenters. The minimum atomic E-state index is 0.489. The SMILES string of the molecule is CCNC(=NCc1nncn1C)NCC(CC(C)C)N1CCOCC1. The quantitative estimate of drug-likeness (QED) is 0.528. The minimum absolute atomic E-state index is 0.489. The molecule has 25 heavy (non-hydrogen) atoms. The van der Waals surface area contributed by atoms with Crippen molar-refractivity contribution in [2.24, 2.45) is 18.0 Å². The third-order valence-electron chi connectivity index (χ3n) is 4.34. The minimum Gasteiger partial charge on any atom is -0.379 e. The second-order valence-corrected chi connectivity index (χ2v) is 6.87. The Kier molecular flexibility index (Phi) is 8.14. The lowest BCUT2D eigenvalue weighted by atomic mass is 10.0. The van der Waals surface area contributed by atoms with E-state index in [-0.39, 0.29) is 0 Å². The van der Waals surface area contributed by atoms with E-state index in [4.69, 9.17) is 4.74 Å². The zero-order valence-electron chi connectivity index (χ0n) is 16.0. The average molecular weight is 351 g/mol. The Hall–Kier alpha value is -1.67. The zero-order chi connectivity index (χ0) is 18.1. The first-order valence-corrected chi connectivity index (χ1v) is 9.27. The van der Waals surface area contributed by atoms with Crippen LogP contribution in [0.4, 0.5) is 0 Å². The molecule has 0 aliphatic carbocycles. The van der Waals surface area contributed by atoms with Crippen LogP contribution in [0.3, 0.4) is 0 Å². The van der Waals surface area contributed by atoms with E-state index in [1.807, 2.05) is 11.6 Å². The highest BCUT2D eigenvalue weighted by atomic mass is 16.5. The van der Waals surface area contributed by atoms with Crippen molar-refractivity contribution in [1.29, 1.82) is 0 Å². The second kappa shape index (κ2) is 10.4. The van der Waals surface area contributed by atoms with Crippen molar-refractivity contribution in [2.75, 3.05) is 39.4 Å². The maximum Gasteiger partial charge on any atom is 0.191 e. The van der Waals surface area contributed by atoms with Gasteiger partial charge in [-0.2, -0.15) is 0 Å². The molecule has 0 aromatic carbocycles. The Morgan fingerprint density at radius 2 is 2.08 bits per heavy atom. The van der Waals surface area contributed by atoms with Gasteiger partial charge >= 0.3 is 0 Å². The molecule has 1 aliphatic rings. The van der Waals surface area contributed by atoms with Crippen LogP contribution in [0, 0.1) is 5.92 Å². The van der Waals surface area contributed by atoms with E-state index in [2.05, 4.69) is 51.5 Å². The molecule has 2 N–H and O–H groups in total. The van der Waals surface area contributed by atoms with Crippen molar-refractivity contribution < 1.29 is 4.74 Å². The Morgan fingerprint density at radius 3 is 2.68 bits per heavy atom. The number of hydrogen-bond acceptors (Lipinski definition) is 5. The highest BCUT2D eigenvalue weighted by Gasteiger charge is 2.22. The van der Waals surface area contributed by atoms with Gasteiger partial charge in [0.25, 0.3) is 0 Å². The van der Waals surface area contributed by atoms with Crippen molar-refractivity contribution in [2.45, 2.75) is 39.8 Å². The van der Waals surface area contributed by atoms with Gasteiger partial charge in [-0.15, -0.1) is 10.2 Å². The fourth-order valence-electron chi connectivity index (χ4n) is 3.00. The van der Waals surface area contributed by atoms with Crippen LogP contribution in [-0.2, 0) is 18.3 Å². The van der Waals surface area contributed by atoms with Gasteiger partial charge in [0.1, 0.15) is 12.9 Å². The Balaban J connectivity index is 1.94. The lowest BCUT2D eigenvalue weighted by molar-refractivity contribution is 0.0132. The molecule has 0 radical (unpaired) electrons. The Labute approximate surface area is 151 Å². The predicted octanol–water partition coefficient (Wildman–Crippen LogP) is 0.617. The molecular formula is C17H33N7O.